The van der Waals surface area contributed by atoms with E-state index in [2.05, 4.69) is 36.4 Å². The third kappa shape index (κ3) is 4.88. The number of benzene rings is 6. The summed E-state index contributed by atoms with van der Waals surface area (Å²) in [6.45, 7) is 1.92. The molecule has 0 aliphatic carbocycles. The number of phenolic OH excluding ortho intramolecular Hbond substituents is 1. The van der Waals surface area contributed by atoms with Crippen molar-refractivity contribution in [3.63, 3.8) is 0 Å². The van der Waals surface area contributed by atoms with Crippen LogP contribution in [0.5, 0.6) is 5.75 Å². The quantitative estimate of drug-likeness (QED) is 0.0738. The SMILES string of the molecule is COC(=O)C(C)(C/C(=C(\O)OC)c1c(O)c2ccccc2c2ccccc12)[P+](c1ccccc1)(c1ccccc1)c1ccccc1. The molecule has 0 aliphatic rings. The number of carbonyl (C=O) groups is 1. The van der Waals surface area contributed by atoms with Crippen molar-refractivity contribution in [1.29, 1.82) is 0 Å². The van der Waals surface area contributed by atoms with Gasteiger partial charge in [-0.1, -0.05) is 103 Å². The molecule has 0 amide bonds. The lowest BCUT2D eigenvalue weighted by atomic mass is 9.88. The molecule has 6 heteroatoms. The van der Waals surface area contributed by atoms with Gasteiger partial charge in [0.05, 0.1) is 14.2 Å². The van der Waals surface area contributed by atoms with Gasteiger partial charge in [-0.05, 0) is 59.5 Å². The van der Waals surface area contributed by atoms with Gasteiger partial charge in [-0.2, -0.15) is 0 Å². The van der Waals surface area contributed by atoms with Gasteiger partial charge in [-0.25, -0.2) is 4.79 Å². The number of methoxy groups -OCH3 is 2. The summed E-state index contributed by atoms with van der Waals surface area (Å²) in [6, 6.07) is 45.6. The summed E-state index contributed by atoms with van der Waals surface area (Å²) < 4.78 is 11.3. The maximum atomic E-state index is 14.6. The maximum absolute atomic E-state index is 14.6. The Hall–Kier alpha value is -5.12. The van der Waals surface area contributed by atoms with Crippen LogP contribution in [-0.4, -0.2) is 35.6 Å². The average Bonchev–Trinajstić information content (AvgIpc) is 3.12. The van der Waals surface area contributed by atoms with E-state index in [4.69, 9.17) is 9.47 Å². The van der Waals surface area contributed by atoms with Crippen molar-refractivity contribution < 1.29 is 24.5 Å². The fourth-order valence-electron chi connectivity index (χ4n) is 6.97. The molecule has 0 saturated heterocycles. The molecule has 46 heavy (non-hydrogen) atoms. The molecule has 0 aliphatic heterocycles. The van der Waals surface area contributed by atoms with Crippen molar-refractivity contribution in [3.05, 3.63) is 151 Å². The van der Waals surface area contributed by atoms with Crippen LogP contribution < -0.4 is 15.9 Å². The summed E-state index contributed by atoms with van der Waals surface area (Å²) in [7, 11) is -0.164. The average molecular weight is 628 g/mol. The van der Waals surface area contributed by atoms with E-state index in [0.717, 1.165) is 32.1 Å². The van der Waals surface area contributed by atoms with Crippen molar-refractivity contribution in [2.75, 3.05) is 14.2 Å². The first-order chi connectivity index (χ1) is 22.4. The van der Waals surface area contributed by atoms with E-state index < -0.39 is 18.4 Å². The van der Waals surface area contributed by atoms with Crippen molar-refractivity contribution >= 4 is 56.3 Å². The number of esters is 1. The molecule has 6 aromatic carbocycles. The number of phenols is 1. The zero-order valence-corrected chi connectivity index (χ0v) is 26.9. The Morgan fingerprint density at radius 1 is 0.609 bits per heavy atom. The molecule has 0 saturated carbocycles. The largest absolute Gasteiger partial charge is 0.507 e. The highest BCUT2D eigenvalue weighted by Crippen LogP contribution is 2.69. The van der Waals surface area contributed by atoms with Crippen LogP contribution in [0, 0.1) is 0 Å². The van der Waals surface area contributed by atoms with Gasteiger partial charge in [-0.15, -0.1) is 0 Å². The van der Waals surface area contributed by atoms with Crippen LogP contribution in [0.2, 0.25) is 0 Å². The minimum atomic E-state index is -2.95. The van der Waals surface area contributed by atoms with E-state index in [9.17, 15) is 15.0 Å². The first kappa shape index (κ1) is 30.9. The Bertz CT molecular complexity index is 1940. The van der Waals surface area contributed by atoms with Gasteiger partial charge in [0, 0.05) is 22.9 Å². The molecular weight excluding hydrogens is 591 g/mol. The van der Waals surface area contributed by atoms with E-state index in [1.54, 1.807) is 0 Å². The minimum Gasteiger partial charge on any atom is -0.507 e. The fraction of sp³-hybridized carbons (Fsp3) is 0.125. The fourth-order valence-corrected chi connectivity index (χ4v) is 12.2. The van der Waals surface area contributed by atoms with Gasteiger partial charge < -0.3 is 19.7 Å². The van der Waals surface area contributed by atoms with Gasteiger partial charge in [0.1, 0.15) is 28.9 Å². The van der Waals surface area contributed by atoms with Crippen molar-refractivity contribution in [1.82, 2.24) is 0 Å². The van der Waals surface area contributed by atoms with Gasteiger partial charge in [0.15, 0.2) is 5.16 Å². The summed E-state index contributed by atoms with van der Waals surface area (Å²) in [6.07, 6.45) is -0.0122. The standard InChI is InChI=1S/C40H35O5P/c1-40(39(43)45-3,46(28-17-7-4-8-18-28,29-19-9-5-10-20-29)30-21-11-6-12-22-30)27-35(38(42)44-2)36-33-25-15-13-23-31(33)32-24-14-16-26-34(32)37(36)41/h4-26H,27H2,1-3H3,(H-,41,42)/p+1/b38-35-. The lowest BCUT2D eigenvalue weighted by Gasteiger charge is -2.41. The number of rotatable bonds is 9. The van der Waals surface area contributed by atoms with Gasteiger partial charge in [0.25, 0.3) is 5.95 Å². The molecule has 0 aromatic heterocycles. The Labute approximate surface area is 269 Å². The number of aromatic hydroxyl groups is 1. The zero-order chi connectivity index (χ0) is 32.3. The number of aliphatic hydroxyl groups is 1. The molecule has 5 nitrogen and oxygen atoms in total. The second-order valence-electron chi connectivity index (χ2n) is 11.4. The Morgan fingerprint density at radius 3 is 1.43 bits per heavy atom. The van der Waals surface area contributed by atoms with Crippen molar-refractivity contribution in [3.8, 4) is 5.75 Å². The smallest absolute Gasteiger partial charge is 0.351 e. The highest BCUT2D eigenvalue weighted by atomic mass is 31.2. The molecule has 0 bridgehead atoms. The second-order valence-corrected chi connectivity index (χ2v) is 15.3. The predicted molar refractivity (Wildman–Crippen MR) is 190 cm³/mol. The molecule has 6 aromatic rings. The summed E-state index contributed by atoms with van der Waals surface area (Å²) >= 11 is 0. The molecule has 1 unspecified atom stereocenters. The van der Waals surface area contributed by atoms with Crippen molar-refractivity contribution in [2.24, 2.45) is 0 Å². The third-order valence-corrected chi connectivity index (χ3v) is 14.0. The van der Waals surface area contributed by atoms with Crippen LogP contribution in [0.1, 0.15) is 18.9 Å². The number of fused-ring (bicyclic) bond motifs is 3. The first-order valence-corrected chi connectivity index (χ1v) is 16.9. The van der Waals surface area contributed by atoms with E-state index in [-0.39, 0.29) is 18.1 Å². The van der Waals surface area contributed by atoms with Gasteiger partial charge in [0.2, 0.25) is 0 Å². The monoisotopic (exact) mass is 627 g/mol. The molecule has 2 N–H and O–H groups in total. The van der Waals surface area contributed by atoms with Crippen molar-refractivity contribution in [2.45, 2.75) is 18.5 Å². The normalized spacial score (nSPS) is 13.5. The minimum absolute atomic E-state index is 0.00295. The Morgan fingerprint density at radius 2 is 1.00 bits per heavy atom. The van der Waals surface area contributed by atoms with Gasteiger partial charge in [-0.3, -0.25) is 0 Å². The topological polar surface area (TPSA) is 76.0 Å². The molecule has 0 spiro atoms. The molecule has 1 atom stereocenters. The maximum Gasteiger partial charge on any atom is 0.351 e. The lowest BCUT2D eigenvalue weighted by molar-refractivity contribution is -0.143. The molecule has 0 fully saturated rings. The molecule has 0 radical (unpaired) electrons. The number of ether oxygens (including phenoxy) is 2. The third-order valence-electron chi connectivity index (χ3n) is 8.98. The second kappa shape index (κ2) is 12.7. The Balaban J connectivity index is 1.75. The highest BCUT2D eigenvalue weighted by Gasteiger charge is 2.65. The van der Waals surface area contributed by atoms with E-state index >= 15 is 0 Å². The molecule has 0 heterocycles. The number of hydrogen-bond acceptors (Lipinski definition) is 5. The number of carbonyl (C=O) groups excluding carboxylic acids is 1. The first-order valence-electron chi connectivity index (χ1n) is 15.1. The number of aliphatic hydroxyl groups excluding tert-OH is 1. The van der Waals surface area contributed by atoms with Crippen LogP contribution in [0.4, 0.5) is 0 Å². The molecular formula is C40H36O5P+. The summed E-state index contributed by atoms with van der Waals surface area (Å²) in [4.78, 5) is 14.6. The van der Waals surface area contributed by atoms with E-state index in [1.807, 2.05) is 110 Å². The Kier molecular flexibility index (Phi) is 8.53. The van der Waals surface area contributed by atoms with Crippen LogP contribution in [0.3, 0.4) is 0 Å². The summed E-state index contributed by atoms with van der Waals surface area (Å²) in [5.74, 6) is -0.815. The van der Waals surface area contributed by atoms with Gasteiger partial charge >= 0.3 is 5.97 Å². The van der Waals surface area contributed by atoms with Crippen LogP contribution in [0.15, 0.2) is 145 Å². The van der Waals surface area contributed by atoms with Crippen LogP contribution in [0.25, 0.3) is 27.1 Å². The van der Waals surface area contributed by atoms with Crippen LogP contribution in [-0.2, 0) is 14.3 Å². The lowest BCUT2D eigenvalue weighted by Crippen LogP contribution is -2.51. The molecule has 230 valence electrons. The highest BCUT2D eigenvalue weighted by molar-refractivity contribution is 7.97. The number of allylic oxidation sites excluding steroid dienone is 1. The predicted octanol–water partition coefficient (Wildman–Crippen LogP) is 7.89. The van der Waals surface area contributed by atoms with Crippen LogP contribution >= 0.6 is 7.26 Å². The van der Waals surface area contributed by atoms with E-state index in [0.29, 0.717) is 16.5 Å². The zero-order valence-electron chi connectivity index (χ0n) is 26.1. The number of hydrogen-bond donors (Lipinski definition) is 2. The molecule has 6 rings (SSSR count). The van der Waals surface area contributed by atoms with E-state index in [1.165, 1.54) is 14.2 Å². The summed E-state index contributed by atoms with van der Waals surface area (Å²) in [5.41, 5.74) is 0.720. The summed E-state index contributed by atoms with van der Waals surface area (Å²) in [5, 5.41) is 28.4.